The third-order valence-corrected chi connectivity index (χ3v) is 2.34. The quantitative estimate of drug-likeness (QED) is 0.435. The molecule has 0 aromatic heterocycles. The molecule has 14 heavy (non-hydrogen) atoms. The SMILES string of the molecule is CCC(O)CCCCC[N+](C)(C)C.[Cl-]. The van der Waals surface area contributed by atoms with Gasteiger partial charge in [0.05, 0.1) is 33.8 Å². The van der Waals surface area contributed by atoms with Gasteiger partial charge < -0.3 is 22.0 Å². The average molecular weight is 224 g/mol. The fourth-order valence-electron chi connectivity index (χ4n) is 1.35. The zero-order valence-electron chi connectivity index (χ0n) is 10.1. The normalized spacial score (nSPS) is 13.5. The molecule has 0 aliphatic heterocycles. The zero-order chi connectivity index (χ0) is 10.3. The maximum atomic E-state index is 9.31. The molecular weight excluding hydrogens is 198 g/mol. The average Bonchev–Trinajstić information content (AvgIpc) is 2.01. The number of unbranched alkanes of at least 4 members (excludes halogenated alkanes) is 2. The van der Waals surface area contributed by atoms with Crippen molar-refractivity contribution in [1.29, 1.82) is 0 Å². The highest BCUT2D eigenvalue weighted by Gasteiger charge is 2.06. The summed E-state index contributed by atoms with van der Waals surface area (Å²) in [5.41, 5.74) is 0. The molecule has 0 saturated heterocycles. The lowest BCUT2D eigenvalue weighted by molar-refractivity contribution is -0.870. The van der Waals surface area contributed by atoms with E-state index in [0.717, 1.165) is 17.3 Å². The minimum Gasteiger partial charge on any atom is -1.00 e. The van der Waals surface area contributed by atoms with E-state index in [1.165, 1.54) is 25.8 Å². The molecule has 0 amide bonds. The van der Waals surface area contributed by atoms with Gasteiger partial charge in [0, 0.05) is 0 Å². The van der Waals surface area contributed by atoms with Crippen LogP contribution >= 0.6 is 0 Å². The lowest BCUT2D eigenvalue weighted by atomic mass is 10.1. The van der Waals surface area contributed by atoms with Gasteiger partial charge in [-0.2, -0.15) is 0 Å². The standard InChI is InChI=1S/C11H26NO.ClH/c1-5-11(13)9-7-6-8-10-12(2,3)4;/h11,13H,5-10H2,1-4H3;1H/q+1;/p-1. The van der Waals surface area contributed by atoms with Crippen molar-refractivity contribution in [3.8, 4) is 0 Å². The highest BCUT2D eigenvalue weighted by Crippen LogP contribution is 2.07. The zero-order valence-corrected chi connectivity index (χ0v) is 10.8. The van der Waals surface area contributed by atoms with Gasteiger partial charge in [-0.3, -0.25) is 0 Å². The van der Waals surface area contributed by atoms with Crippen molar-refractivity contribution in [2.24, 2.45) is 0 Å². The Hall–Kier alpha value is 0.210. The summed E-state index contributed by atoms with van der Waals surface area (Å²) in [6.45, 7) is 3.28. The lowest BCUT2D eigenvalue weighted by Crippen LogP contribution is -3.00. The van der Waals surface area contributed by atoms with E-state index in [1.807, 2.05) is 6.92 Å². The van der Waals surface area contributed by atoms with Crippen LogP contribution in [0, 0.1) is 0 Å². The molecule has 0 aromatic rings. The summed E-state index contributed by atoms with van der Waals surface area (Å²) in [5.74, 6) is 0. The Balaban J connectivity index is 0. The maximum Gasteiger partial charge on any atom is 0.0780 e. The molecule has 0 saturated carbocycles. The van der Waals surface area contributed by atoms with Crippen LogP contribution < -0.4 is 12.4 Å². The summed E-state index contributed by atoms with van der Waals surface area (Å²) in [6, 6.07) is 0. The lowest BCUT2D eigenvalue weighted by Gasteiger charge is -2.23. The van der Waals surface area contributed by atoms with Crippen LogP contribution in [0.1, 0.15) is 39.0 Å². The van der Waals surface area contributed by atoms with E-state index < -0.39 is 0 Å². The molecule has 0 fully saturated rings. The van der Waals surface area contributed by atoms with Gasteiger partial charge in [-0.25, -0.2) is 0 Å². The third-order valence-electron chi connectivity index (χ3n) is 2.34. The molecular formula is C11H26ClNO. The van der Waals surface area contributed by atoms with Gasteiger partial charge in [0.2, 0.25) is 0 Å². The monoisotopic (exact) mass is 223 g/mol. The van der Waals surface area contributed by atoms with Crippen molar-refractivity contribution in [3.63, 3.8) is 0 Å². The Morgan fingerprint density at radius 1 is 1.07 bits per heavy atom. The second kappa shape index (κ2) is 8.51. The maximum absolute atomic E-state index is 9.31. The van der Waals surface area contributed by atoms with E-state index >= 15 is 0 Å². The van der Waals surface area contributed by atoms with Gasteiger partial charge in [0.15, 0.2) is 0 Å². The molecule has 1 unspecified atom stereocenters. The molecule has 0 aliphatic carbocycles. The number of quaternary nitrogens is 1. The minimum atomic E-state index is -0.0656. The van der Waals surface area contributed by atoms with Crippen LogP contribution in [0.5, 0.6) is 0 Å². The van der Waals surface area contributed by atoms with Gasteiger partial charge in [-0.15, -0.1) is 0 Å². The van der Waals surface area contributed by atoms with Crippen LogP contribution in [-0.4, -0.2) is 43.4 Å². The van der Waals surface area contributed by atoms with Crippen molar-refractivity contribution < 1.29 is 22.0 Å². The predicted molar refractivity (Wildman–Crippen MR) is 57.7 cm³/mol. The first-order valence-electron chi connectivity index (χ1n) is 5.44. The third kappa shape index (κ3) is 12.2. The van der Waals surface area contributed by atoms with E-state index in [2.05, 4.69) is 21.1 Å². The number of aliphatic hydroxyl groups excluding tert-OH is 1. The molecule has 88 valence electrons. The van der Waals surface area contributed by atoms with Crippen LogP contribution in [0.15, 0.2) is 0 Å². The fourth-order valence-corrected chi connectivity index (χ4v) is 1.35. The first-order chi connectivity index (χ1) is 5.95. The second-order valence-electron chi connectivity index (χ2n) is 4.93. The van der Waals surface area contributed by atoms with E-state index in [9.17, 15) is 5.11 Å². The molecule has 0 bridgehead atoms. The van der Waals surface area contributed by atoms with Crippen molar-refractivity contribution in [1.82, 2.24) is 0 Å². The summed E-state index contributed by atoms with van der Waals surface area (Å²) in [4.78, 5) is 0. The molecule has 0 rings (SSSR count). The molecule has 1 atom stereocenters. The van der Waals surface area contributed by atoms with Gasteiger partial charge in [-0.1, -0.05) is 13.3 Å². The van der Waals surface area contributed by atoms with Crippen LogP contribution in [0.2, 0.25) is 0 Å². The Labute approximate surface area is 95.3 Å². The Bertz CT molecular complexity index is 123. The summed E-state index contributed by atoms with van der Waals surface area (Å²) in [6.07, 6.45) is 5.52. The minimum absolute atomic E-state index is 0. The number of rotatable bonds is 7. The Morgan fingerprint density at radius 2 is 1.64 bits per heavy atom. The number of aliphatic hydroxyl groups is 1. The summed E-state index contributed by atoms with van der Waals surface area (Å²) >= 11 is 0. The molecule has 0 radical (unpaired) electrons. The van der Waals surface area contributed by atoms with Crippen LogP contribution in [0.4, 0.5) is 0 Å². The molecule has 2 nitrogen and oxygen atoms in total. The van der Waals surface area contributed by atoms with Crippen LogP contribution in [-0.2, 0) is 0 Å². The summed E-state index contributed by atoms with van der Waals surface area (Å²) in [5, 5.41) is 9.31. The number of halogens is 1. The second-order valence-corrected chi connectivity index (χ2v) is 4.93. The number of nitrogens with zero attached hydrogens (tertiary/aromatic N) is 1. The van der Waals surface area contributed by atoms with E-state index in [0.29, 0.717) is 0 Å². The molecule has 0 spiro atoms. The summed E-state index contributed by atoms with van der Waals surface area (Å²) in [7, 11) is 6.67. The van der Waals surface area contributed by atoms with E-state index in [-0.39, 0.29) is 18.5 Å². The van der Waals surface area contributed by atoms with Crippen molar-refractivity contribution >= 4 is 0 Å². The molecule has 0 aliphatic rings. The van der Waals surface area contributed by atoms with Gasteiger partial charge in [-0.05, 0) is 25.7 Å². The van der Waals surface area contributed by atoms with E-state index in [4.69, 9.17) is 0 Å². The van der Waals surface area contributed by atoms with Crippen LogP contribution in [0.3, 0.4) is 0 Å². The summed E-state index contributed by atoms with van der Waals surface area (Å²) < 4.78 is 1.05. The van der Waals surface area contributed by atoms with Crippen molar-refractivity contribution in [2.45, 2.75) is 45.1 Å². The Kier molecular flexibility index (Phi) is 10.1. The molecule has 0 heterocycles. The number of hydrogen-bond acceptors (Lipinski definition) is 1. The predicted octanol–water partition coefficient (Wildman–Crippen LogP) is -0.972. The van der Waals surface area contributed by atoms with Crippen molar-refractivity contribution in [2.75, 3.05) is 27.7 Å². The van der Waals surface area contributed by atoms with Crippen LogP contribution in [0.25, 0.3) is 0 Å². The van der Waals surface area contributed by atoms with Crippen molar-refractivity contribution in [3.05, 3.63) is 0 Å². The van der Waals surface area contributed by atoms with Gasteiger partial charge >= 0.3 is 0 Å². The molecule has 3 heteroatoms. The first-order valence-corrected chi connectivity index (χ1v) is 5.44. The highest BCUT2D eigenvalue weighted by atomic mass is 35.5. The largest absolute Gasteiger partial charge is 1.00 e. The van der Waals surface area contributed by atoms with Gasteiger partial charge in [0.1, 0.15) is 0 Å². The number of hydrogen-bond donors (Lipinski definition) is 1. The smallest absolute Gasteiger partial charge is 0.0780 e. The first kappa shape index (κ1) is 16.6. The Morgan fingerprint density at radius 3 is 2.07 bits per heavy atom. The highest BCUT2D eigenvalue weighted by molar-refractivity contribution is 4.52. The fraction of sp³-hybridized carbons (Fsp3) is 1.00. The topological polar surface area (TPSA) is 20.2 Å². The molecule has 0 aromatic carbocycles. The van der Waals surface area contributed by atoms with Gasteiger partial charge in [0.25, 0.3) is 0 Å². The molecule has 1 N–H and O–H groups in total. The van der Waals surface area contributed by atoms with E-state index in [1.54, 1.807) is 0 Å².